The Morgan fingerprint density at radius 2 is 2.00 bits per heavy atom. The van der Waals surface area contributed by atoms with Crippen molar-refractivity contribution >= 4 is 11.9 Å². The van der Waals surface area contributed by atoms with Crippen molar-refractivity contribution in [3.8, 4) is 0 Å². The smallest absolute Gasteiger partial charge is 0.367 e. The SMILES string of the molecule is CC1(C)[C@H](C(=O)O)[C@@H]1C=C(F)C(=O)OC1CC1. The third-order valence-corrected chi connectivity index (χ3v) is 3.50. The standard InChI is InChI=1S/C12H15FO4/c1-12(2)7(9(12)10(14)15)5-8(13)11(16)17-6-3-4-6/h5-7,9H,3-4H2,1-2H3,(H,14,15)/t7-,9-/m0/s1. The van der Waals surface area contributed by atoms with Crippen molar-refractivity contribution in [2.24, 2.45) is 17.3 Å². The Morgan fingerprint density at radius 3 is 2.41 bits per heavy atom. The number of carboxylic acid groups (broad SMARTS) is 1. The van der Waals surface area contributed by atoms with Crippen LogP contribution in [0.15, 0.2) is 11.9 Å². The van der Waals surface area contributed by atoms with Gasteiger partial charge in [0.15, 0.2) is 0 Å². The molecule has 0 aromatic rings. The average Bonchev–Trinajstić information content (AvgIpc) is 3.06. The van der Waals surface area contributed by atoms with Crippen molar-refractivity contribution in [3.05, 3.63) is 11.9 Å². The minimum Gasteiger partial charge on any atom is -0.481 e. The van der Waals surface area contributed by atoms with Gasteiger partial charge in [0.2, 0.25) is 5.83 Å². The van der Waals surface area contributed by atoms with Crippen LogP contribution in [0.2, 0.25) is 0 Å². The highest BCUT2D eigenvalue weighted by Gasteiger charge is 2.61. The van der Waals surface area contributed by atoms with Crippen LogP contribution in [0.25, 0.3) is 0 Å². The minimum absolute atomic E-state index is 0.149. The van der Waals surface area contributed by atoms with Gasteiger partial charge in [0, 0.05) is 0 Å². The molecule has 0 aromatic heterocycles. The Labute approximate surface area is 98.4 Å². The van der Waals surface area contributed by atoms with Gasteiger partial charge in [-0.2, -0.15) is 4.39 Å². The zero-order chi connectivity index (χ0) is 12.8. The zero-order valence-electron chi connectivity index (χ0n) is 9.77. The predicted octanol–water partition coefficient (Wildman–Crippen LogP) is 1.90. The van der Waals surface area contributed by atoms with Crippen LogP contribution in [0.5, 0.6) is 0 Å². The van der Waals surface area contributed by atoms with Crippen LogP contribution in [0.1, 0.15) is 26.7 Å². The first-order chi connectivity index (χ1) is 7.84. The van der Waals surface area contributed by atoms with E-state index in [9.17, 15) is 14.0 Å². The summed E-state index contributed by atoms with van der Waals surface area (Å²) < 4.78 is 18.2. The van der Waals surface area contributed by atoms with Gasteiger partial charge in [-0.15, -0.1) is 0 Å². The van der Waals surface area contributed by atoms with Gasteiger partial charge in [-0.25, -0.2) is 4.79 Å². The molecule has 94 valence electrons. The molecule has 17 heavy (non-hydrogen) atoms. The number of rotatable bonds is 4. The molecule has 0 radical (unpaired) electrons. The van der Waals surface area contributed by atoms with E-state index in [0.717, 1.165) is 18.9 Å². The molecule has 1 N–H and O–H groups in total. The minimum atomic E-state index is -0.973. The van der Waals surface area contributed by atoms with Gasteiger partial charge in [0.05, 0.1) is 5.92 Å². The molecule has 5 heteroatoms. The Morgan fingerprint density at radius 1 is 1.41 bits per heavy atom. The molecule has 2 fully saturated rings. The molecule has 0 aliphatic heterocycles. The highest BCUT2D eigenvalue weighted by Crippen LogP contribution is 2.59. The van der Waals surface area contributed by atoms with Crippen molar-refractivity contribution in [1.29, 1.82) is 0 Å². The van der Waals surface area contributed by atoms with Crippen LogP contribution < -0.4 is 0 Å². The molecule has 0 aromatic carbocycles. The highest BCUT2D eigenvalue weighted by molar-refractivity contribution is 5.87. The second-order valence-electron chi connectivity index (χ2n) is 5.28. The number of halogens is 1. The molecule has 0 amide bonds. The van der Waals surface area contributed by atoms with Gasteiger partial charge < -0.3 is 9.84 Å². The number of esters is 1. The molecule has 2 atom stereocenters. The molecule has 2 aliphatic rings. The number of carbonyl (C=O) groups excluding carboxylic acids is 1. The maximum atomic E-state index is 13.4. The molecule has 0 unspecified atom stereocenters. The number of allylic oxidation sites excluding steroid dienone is 1. The van der Waals surface area contributed by atoms with Crippen LogP contribution >= 0.6 is 0 Å². The van der Waals surface area contributed by atoms with Crippen LogP contribution in [-0.4, -0.2) is 23.1 Å². The van der Waals surface area contributed by atoms with E-state index in [4.69, 9.17) is 9.84 Å². The Kier molecular flexibility index (Phi) is 2.72. The van der Waals surface area contributed by atoms with Gasteiger partial charge >= 0.3 is 11.9 Å². The number of hydrogen-bond donors (Lipinski definition) is 1. The number of hydrogen-bond acceptors (Lipinski definition) is 3. The van der Waals surface area contributed by atoms with E-state index in [2.05, 4.69) is 0 Å². The van der Waals surface area contributed by atoms with E-state index in [1.807, 2.05) is 0 Å². The number of aliphatic carboxylic acids is 1. The number of carboxylic acids is 1. The molecule has 2 saturated carbocycles. The Balaban J connectivity index is 1.99. The van der Waals surface area contributed by atoms with Crippen molar-refractivity contribution in [2.45, 2.75) is 32.8 Å². The van der Waals surface area contributed by atoms with E-state index < -0.39 is 35.0 Å². The summed E-state index contributed by atoms with van der Waals surface area (Å²) in [5.74, 6) is -3.97. The van der Waals surface area contributed by atoms with Gasteiger partial charge in [-0.1, -0.05) is 13.8 Å². The fraction of sp³-hybridized carbons (Fsp3) is 0.667. The van der Waals surface area contributed by atoms with Crippen LogP contribution in [0.3, 0.4) is 0 Å². The predicted molar refractivity (Wildman–Crippen MR) is 56.7 cm³/mol. The maximum absolute atomic E-state index is 13.4. The molecule has 2 aliphatic carbocycles. The average molecular weight is 242 g/mol. The van der Waals surface area contributed by atoms with E-state index >= 15 is 0 Å². The van der Waals surface area contributed by atoms with Gasteiger partial charge in [-0.05, 0) is 30.3 Å². The van der Waals surface area contributed by atoms with E-state index in [0.29, 0.717) is 0 Å². The Bertz CT molecular complexity index is 395. The summed E-state index contributed by atoms with van der Waals surface area (Å²) in [6.45, 7) is 3.49. The molecular formula is C12H15FO4. The summed E-state index contributed by atoms with van der Waals surface area (Å²) in [5.41, 5.74) is -0.497. The maximum Gasteiger partial charge on any atom is 0.367 e. The van der Waals surface area contributed by atoms with E-state index in [1.54, 1.807) is 13.8 Å². The lowest BCUT2D eigenvalue weighted by Gasteiger charge is -2.00. The summed E-state index contributed by atoms with van der Waals surface area (Å²) in [5, 5.41) is 8.90. The molecule has 0 bridgehead atoms. The van der Waals surface area contributed by atoms with E-state index in [1.165, 1.54) is 0 Å². The first-order valence-electron chi connectivity index (χ1n) is 5.65. The summed E-state index contributed by atoms with van der Waals surface area (Å²) in [6, 6.07) is 0. The number of carbonyl (C=O) groups is 2. The van der Waals surface area contributed by atoms with Crippen molar-refractivity contribution in [1.82, 2.24) is 0 Å². The van der Waals surface area contributed by atoms with E-state index in [-0.39, 0.29) is 6.10 Å². The van der Waals surface area contributed by atoms with Gasteiger partial charge in [0.1, 0.15) is 6.10 Å². The van der Waals surface area contributed by atoms with Gasteiger partial charge in [-0.3, -0.25) is 4.79 Å². The first kappa shape index (κ1) is 12.1. The molecular weight excluding hydrogens is 227 g/mol. The molecule has 0 spiro atoms. The van der Waals surface area contributed by atoms with Crippen LogP contribution in [0.4, 0.5) is 4.39 Å². The summed E-state index contributed by atoms with van der Waals surface area (Å²) in [4.78, 5) is 22.1. The van der Waals surface area contributed by atoms with Crippen LogP contribution in [0, 0.1) is 17.3 Å². The lowest BCUT2D eigenvalue weighted by molar-refractivity contribution is -0.142. The summed E-state index contributed by atoms with van der Waals surface area (Å²) in [7, 11) is 0. The quantitative estimate of drug-likeness (QED) is 0.604. The second-order valence-corrected chi connectivity index (χ2v) is 5.28. The summed E-state index contributed by atoms with van der Waals surface area (Å²) >= 11 is 0. The van der Waals surface area contributed by atoms with Crippen molar-refractivity contribution in [2.75, 3.05) is 0 Å². The van der Waals surface area contributed by atoms with Crippen LogP contribution in [-0.2, 0) is 14.3 Å². The monoisotopic (exact) mass is 242 g/mol. The van der Waals surface area contributed by atoms with Gasteiger partial charge in [0.25, 0.3) is 0 Å². The fourth-order valence-electron chi connectivity index (χ4n) is 2.08. The third-order valence-electron chi connectivity index (χ3n) is 3.50. The lowest BCUT2D eigenvalue weighted by Crippen LogP contribution is -2.07. The van der Waals surface area contributed by atoms with Crippen molar-refractivity contribution in [3.63, 3.8) is 0 Å². The molecule has 0 heterocycles. The Hall–Kier alpha value is -1.39. The molecule has 2 rings (SSSR count). The normalized spacial score (nSPS) is 30.9. The fourth-order valence-corrected chi connectivity index (χ4v) is 2.08. The largest absolute Gasteiger partial charge is 0.481 e. The first-order valence-corrected chi connectivity index (χ1v) is 5.65. The summed E-state index contributed by atoms with van der Waals surface area (Å²) in [6.07, 6.45) is 2.50. The van der Waals surface area contributed by atoms with Crippen molar-refractivity contribution < 1.29 is 23.8 Å². The zero-order valence-corrected chi connectivity index (χ0v) is 9.77. The molecule has 4 nitrogen and oxygen atoms in total. The highest BCUT2D eigenvalue weighted by atomic mass is 19.1. The topological polar surface area (TPSA) is 63.6 Å². The number of ether oxygens (including phenoxy) is 1. The second kappa shape index (κ2) is 3.82. The molecule has 0 saturated heterocycles. The lowest BCUT2D eigenvalue weighted by atomic mass is 10.1. The third kappa shape index (κ3) is 2.33.